The van der Waals surface area contributed by atoms with E-state index in [1.807, 2.05) is 6.92 Å². The quantitative estimate of drug-likeness (QED) is 0.445. The number of allylic oxidation sites excluding steroid dienone is 2. The highest BCUT2D eigenvalue weighted by atomic mass is 15.2. The van der Waals surface area contributed by atoms with Crippen LogP contribution in [0.1, 0.15) is 56.4 Å². The van der Waals surface area contributed by atoms with Crippen molar-refractivity contribution in [2.75, 3.05) is 11.4 Å². The van der Waals surface area contributed by atoms with Crippen LogP contribution in [0.25, 0.3) is 5.70 Å². The Labute approximate surface area is 184 Å². The molecule has 2 aromatic rings. The van der Waals surface area contributed by atoms with Gasteiger partial charge in [0.1, 0.15) is 0 Å². The highest BCUT2D eigenvalue weighted by Gasteiger charge is 2.28. The molecule has 2 nitrogen and oxygen atoms in total. The van der Waals surface area contributed by atoms with Crippen molar-refractivity contribution in [3.63, 3.8) is 0 Å². The second-order valence-electron chi connectivity index (χ2n) is 8.97. The largest absolute Gasteiger partial charge is 0.385 e. The summed E-state index contributed by atoms with van der Waals surface area (Å²) in [7, 11) is 0. The maximum absolute atomic E-state index is 4.49. The molecule has 0 atom stereocenters. The third-order valence-corrected chi connectivity index (χ3v) is 5.58. The van der Waals surface area contributed by atoms with Crippen LogP contribution in [0, 0.1) is 19.3 Å². The molecule has 0 aromatic heterocycles. The van der Waals surface area contributed by atoms with Gasteiger partial charge in [0.2, 0.25) is 0 Å². The van der Waals surface area contributed by atoms with Crippen molar-refractivity contribution in [2.24, 2.45) is 5.41 Å². The van der Waals surface area contributed by atoms with E-state index in [-0.39, 0.29) is 5.41 Å². The summed E-state index contributed by atoms with van der Waals surface area (Å²) in [5.74, 6) is 0. The molecule has 2 rings (SSSR count). The van der Waals surface area contributed by atoms with E-state index in [0.717, 1.165) is 42.2 Å². The second-order valence-corrected chi connectivity index (χ2v) is 8.97. The summed E-state index contributed by atoms with van der Waals surface area (Å²) < 4.78 is 0. The lowest BCUT2D eigenvalue weighted by Gasteiger charge is -2.37. The van der Waals surface area contributed by atoms with E-state index in [9.17, 15) is 0 Å². The van der Waals surface area contributed by atoms with Crippen LogP contribution in [0.4, 0.5) is 5.69 Å². The van der Waals surface area contributed by atoms with Crippen LogP contribution in [0.3, 0.4) is 0 Å². The number of nitrogens with one attached hydrogen (secondary N) is 1. The van der Waals surface area contributed by atoms with E-state index in [2.05, 4.69) is 107 Å². The molecule has 0 amide bonds. The maximum Gasteiger partial charge on any atom is 0.0454 e. The van der Waals surface area contributed by atoms with Gasteiger partial charge in [-0.1, -0.05) is 76.4 Å². The number of nitrogens with zero attached hydrogens (tertiary/aromatic N) is 1. The summed E-state index contributed by atoms with van der Waals surface area (Å²) in [4.78, 5) is 2.18. The molecule has 0 heterocycles. The monoisotopic (exact) mass is 402 g/mol. The zero-order valence-corrected chi connectivity index (χ0v) is 19.7. The first-order valence-electron chi connectivity index (χ1n) is 10.8. The summed E-state index contributed by atoms with van der Waals surface area (Å²) in [6.45, 7) is 26.8. The summed E-state index contributed by atoms with van der Waals surface area (Å²) in [5, 5.41) is 3.40. The topological polar surface area (TPSA) is 15.3 Å². The zero-order chi connectivity index (χ0) is 22.5. The molecule has 0 spiro atoms. The number of hydrogen-bond donors (Lipinski definition) is 1. The van der Waals surface area contributed by atoms with Gasteiger partial charge in [-0.05, 0) is 62.4 Å². The van der Waals surface area contributed by atoms with Gasteiger partial charge < -0.3 is 10.2 Å². The van der Waals surface area contributed by atoms with Crippen molar-refractivity contribution in [2.45, 2.75) is 54.4 Å². The predicted octanol–water partition coefficient (Wildman–Crippen LogP) is 7.40. The molecule has 0 aliphatic rings. The highest BCUT2D eigenvalue weighted by molar-refractivity contribution is 5.65. The molecule has 1 N–H and O–H groups in total. The van der Waals surface area contributed by atoms with Gasteiger partial charge in [-0.2, -0.15) is 0 Å². The Hall–Kier alpha value is -2.74. The van der Waals surface area contributed by atoms with Crippen LogP contribution >= 0.6 is 0 Å². The lowest BCUT2D eigenvalue weighted by atomic mass is 9.81. The van der Waals surface area contributed by atoms with Crippen LogP contribution in [0.5, 0.6) is 0 Å². The third kappa shape index (κ3) is 5.66. The molecular weight excluding hydrogens is 364 g/mol. The third-order valence-electron chi connectivity index (χ3n) is 5.58. The van der Waals surface area contributed by atoms with Crippen molar-refractivity contribution >= 4 is 11.4 Å². The van der Waals surface area contributed by atoms with E-state index < -0.39 is 0 Å². The Morgan fingerprint density at radius 3 is 2.17 bits per heavy atom. The maximum atomic E-state index is 4.49. The molecule has 2 aromatic carbocycles. The minimum atomic E-state index is -0.130. The zero-order valence-electron chi connectivity index (χ0n) is 19.7. The number of anilines is 1. The van der Waals surface area contributed by atoms with Crippen LogP contribution in [0.2, 0.25) is 0 Å². The molecule has 0 saturated heterocycles. The molecule has 0 aliphatic heterocycles. The van der Waals surface area contributed by atoms with E-state index >= 15 is 0 Å². The molecule has 0 fully saturated rings. The fraction of sp³-hybridized carbons (Fsp3) is 0.357. The van der Waals surface area contributed by atoms with E-state index in [4.69, 9.17) is 0 Å². The fourth-order valence-electron chi connectivity index (χ4n) is 3.76. The summed E-state index contributed by atoms with van der Waals surface area (Å²) >= 11 is 0. The van der Waals surface area contributed by atoms with Crippen molar-refractivity contribution < 1.29 is 0 Å². The number of rotatable bonds is 10. The van der Waals surface area contributed by atoms with E-state index in [1.165, 1.54) is 22.3 Å². The molecule has 160 valence electrons. The normalized spacial score (nSPS) is 11.1. The molecule has 0 radical (unpaired) electrons. The van der Waals surface area contributed by atoms with Crippen LogP contribution in [-0.4, -0.2) is 6.54 Å². The van der Waals surface area contributed by atoms with Gasteiger partial charge in [-0.15, -0.1) is 0 Å². The second kappa shape index (κ2) is 9.84. The van der Waals surface area contributed by atoms with Gasteiger partial charge in [0.25, 0.3) is 0 Å². The first-order chi connectivity index (χ1) is 14.1. The molecule has 30 heavy (non-hydrogen) atoms. The number of benzene rings is 2. The van der Waals surface area contributed by atoms with Gasteiger partial charge in [-0.3, -0.25) is 0 Å². The first-order valence-corrected chi connectivity index (χ1v) is 10.8. The van der Waals surface area contributed by atoms with Crippen LogP contribution < -0.4 is 10.2 Å². The standard InChI is InChI=1S/C28H38N2/c1-10-17-29-23(6)27-16-13-25(18-22(27)5)19-28(8,9)24(7)30(20(2)3)26-14-11-21(4)12-15-26/h11-16,18,29H,2,6-7,10,17,19H2,1,3-5,8-9H3. The van der Waals surface area contributed by atoms with Crippen molar-refractivity contribution in [1.29, 1.82) is 0 Å². The van der Waals surface area contributed by atoms with Gasteiger partial charge in [0.15, 0.2) is 0 Å². The van der Waals surface area contributed by atoms with Gasteiger partial charge >= 0.3 is 0 Å². The molecule has 0 saturated carbocycles. The average molecular weight is 403 g/mol. The predicted molar refractivity (Wildman–Crippen MR) is 134 cm³/mol. The van der Waals surface area contributed by atoms with Gasteiger partial charge in [-0.25, -0.2) is 0 Å². The van der Waals surface area contributed by atoms with Crippen molar-refractivity contribution in [3.8, 4) is 0 Å². The molecule has 0 unspecified atom stereocenters. The molecular formula is C28H38N2. The first kappa shape index (κ1) is 23.5. The van der Waals surface area contributed by atoms with Gasteiger partial charge in [0.05, 0.1) is 0 Å². The highest BCUT2D eigenvalue weighted by Crippen LogP contribution is 2.37. The number of aryl methyl sites for hydroxylation is 2. The van der Waals surface area contributed by atoms with Crippen LogP contribution in [0.15, 0.2) is 73.6 Å². The summed E-state index contributed by atoms with van der Waals surface area (Å²) in [5.41, 5.74) is 8.98. The van der Waals surface area contributed by atoms with E-state index in [1.54, 1.807) is 0 Å². The fourth-order valence-corrected chi connectivity index (χ4v) is 3.76. The molecule has 0 bridgehead atoms. The Morgan fingerprint density at radius 2 is 1.63 bits per heavy atom. The van der Waals surface area contributed by atoms with Crippen LogP contribution in [-0.2, 0) is 6.42 Å². The van der Waals surface area contributed by atoms with E-state index in [0.29, 0.717) is 0 Å². The Morgan fingerprint density at radius 1 is 1.00 bits per heavy atom. The molecule has 0 aliphatic carbocycles. The SMILES string of the molecule is C=C(NCCC)c1ccc(CC(C)(C)C(=C)N(C(=C)C)c2ccc(C)cc2)cc1C. The minimum Gasteiger partial charge on any atom is -0.385 e. The Bertz CT molecular complexity index is 916. The lowest BCUT2D eigenvalue weighted by molar-refractivity contribution is 0.435. The summed E-state index contributed by atoms with van der Waals surface area (Å²) in [6.07, 6.45) is 1.99. The Balaban J connectivity index is 2.24. The van der Waals surface area contributed by atoms with Crippen molar-refractivity contribution in [1.82, 2.24) is 5.32 Å². The van der Waals surface area contributed by atoms with Gasteiger partial charge in [0, 0.05) is 34.7 Å². The smallest absolute Gasteiger partial charge is 0.0454 e. The van der Waals surface area contributed by atoms with Crippen molar-refractivity contribution in [3.05, 3.63) is 95.8 Å². The Kier molecular flexibility index (Phi) is 7.72. The number of hydrogen-bond acceptors (Lipinski definition) is 2. The average Bonchev–Trinajstić information content (AvgIpc) is 2.67. The summed E-state index contributed by atoms with van der Waals surface area (Å²) in [6, 6.07) is 15.2. The lowest BCUT2D eigenvalue weighted by Crippen LogP contribution is -2.31. The minimum absolute atomic E-state index is 0.130. The molecule has 2 heteroatoms.